The Morgan fingerprint density at radius 2 is 2.00 bits per heavy atom. The molecular formula is C24H33N7O3S. The van der Waals surface area contributed by atoms with Crippen molar-refractivity contribution >= 4 is 29.2 Å². The fourth-order valence-corrected chi connectivity index (χ4v) is 4.53. The van der Waals surface area contributed by atoms with Crippen molar-refractivity contribution in [2.24, 2.45) is 13.0 Å². The molecule has 188 valence electrons. The number of benzene rings is 1. The molecule has 2 aromatic heterocycles. The first kappa shape index (κ1) is 26.3. The van der Waals surface area contributed by atoms with Gasteiger partial charge in [0, 0.05) is 25.7 Å². The van der Waals surface area contributed by atoms with Gasteiger partial charge in [-0.1, -0.05) is 62.7 Å². The van der Waals surface area contributed by atoms with Gasteiger partial charge in [-0.2, -0.15) is 0 Å². The van der Waals surface area contributed by atoms with Crippen LogP contribution in [0.5, 0.6) is 0 Å². The number of H-pyrrole nitrogens is 1. The highest BCUT2D eigenvalue weighted by molar-refractivity contribution is 7.99. The molecule has 11 heteroatoms. The summed E-state index contributed by atoms with van der Waals surface area (Å²) in [5.41, 5.74) is 7.10. The lowest BCUT2D eigenvalue weighted by Gasteiger charge is -2.24. The van der Waals surface area contributed by atoms with Crippen molar-refractivity contribution in [3.63, 3.8) is 0 Å². The summed E-state index contributed by atoms with van der Waals surface area (Å²) in [6.45, 7) is 8.54. The number of carbonyl (C=O) groups excluding carboxylic acids is 1. The number of aromatic nitrogens is 5. The van der Waals surface area contributed by atoms with Crippen LogP contribution >= 0.6 is 11.8 Å². The van der Waals surface area contributed by atoms with Crippen LogP contribution in [-0.2, 0) is 18.4 Å². The molecule has 1 aromatic carbocycles. The zero-order valence-electron chi connectivity index (χ0n) is 20.9. The molecule has 0 atom stereocenters. The second-order valence-corrected chi connectivity index (χ2v) is 9.86. The third kappa shape index (κ3) is 6.02. The lowest BCUT2D eigenvalue weighted by Crippen LogP contribution is -2.42. The lowest BCUT2D eigenvalue weighted by atomic mass is 10.1. The van der Waals surface area contributed by atoms with E-state index in [2.05, 4.69) is 15.2 Å². The van der Waals surface area contributed by atoms with Gasteiger partial charge in [-0.15, -0.1) is 10.2 Å². The first-order valence-electron chi connectivity index (χ1n) is 11.7. The van der Waals surface area contributed by atoms with E-state index in [1.807, 2.05) is 63.6 Å². The maximum atomic E-state index is 13.3. The van der Waals surface area contributed by atoms with Crippen molar-refractivity contribution in [2.45, 2.75) is 52.2 Å². The van der Waals surface area contributed by atoms with Crippen LogP contribution in [0.15, 0.2) is 39.0 Å². The molecule has 0 saturated carbocycles. The van der Waals surface area contributed by atoms with E-state index in [0.717, 1.165) is 17.5 Å². The zero-order valence-corrected chi connectivity index (χ0v) is 21.7. The Labute approximate surface area is 208 Å². The number of thioether (sulfide) groups is 1. The van der Waals surface area contributed by atoms with Crippen molar-refractivity contribution < 1.29 is 4.79 Å². The average Bonchev–Trinajstić information content (AvgIpc) is 3.17. The SMILES string of the molecule is CCCCN(C(=O)CSc1nnc(-c2cccc(C)c2)n1C)c1c(N)n(CC(C)C)c(=O)[nH]c1=O. The fourth-order valence-electron chi connectivity index (χ4n) is 3.74. The van der Waals surface area contributed by atoms with Gasteiger partial charge >= 0.3 is 5.69 Å². The van der Waals surface area contributed by atoms with Gasteiger partial charge in [-0.25, -0.2) is 4.79 Å². The molecule has 35 heavy (non-hydrogen) atoms. The fraction of sp³-hybridized carbons (Fsp3) is 0.458. The number of nitrogens with zero attached hydrogens (tertiary/aromatic N) is 5. The van der Waals surface area contributed by atoms with Gasteiger partial charge in [0.25, 0.3) is 5.56 Å². The number of hydrogen-bond acceptors (Lipinski definition) is 7. The van der Waals surface area contributed by atoms with Crippen LogP contribution in [0.25, 0.3) is 11.4 Å². The molecule has 2 heterocycles. The van der Waals surface area contributed by atoms with Gasteiger partial charge < -0.3 is 15.2 Å². The van der Waals surface area contributed by atoms with Crippen LogP contribution in [0, 0.1) is 12.8 Å². The van der Waals surface area contributed by atoms with E-state index >= 15 is 0 Å². The predicted octanol–water partition coefficient (Wildman–Crippen LogP) is 2.80. The number of aryl methyl sites for hydroxylation is 1. The number of amides is 1. The van der Waals surface area contributed by atoms with E-state index in [-0.39, 0.29) is 29.1 Å². The van der Waals surface area contributed by atoms with Crippen molar-refractivity contribution in [3.8, 4) is 11.4 Å². The first-order valence-corrected chi connectivity index (χ1v) is 12.6. The van der Waals surface area contributed by atoms with Crippen molar-refractivity contribution in [1.29, 1.82) is 0 Å². The largest absolute Gasteiger partial charge is 0.383 e. The minimum atomic E-state index is -0.664. The molecule has 0 saturated heterocycles. The molecule has 0 unspecified atom stereocenters. The quantitative estimate of drug-likeness (QED) is 0.410. The molecular weight excluding hydrogens is 466 g/mol. The Kier molecular flexibility index (Phi) is 8.55. The predicted molar refractivity (Wildman–Crippen MR) is 140 cm³/mol. The van der Waals surface area contributed by atoms with Crippen LogP contribution in [0.2, 0.25) is 0 Å². The number of rotatable bonds is 10. The molecule has 1 amide bonds. The normalized spacial score (nSPS) is 11.3. The number of aromatic amines is 1. The monoisotopic (exact) mass is 499 g/mol. The summed E-state index contributed by atoms with van der Waals surface area (Å²) in [6.07, 6.45) is 1.50. The van der Waals surface area contributed by atoms with E-state index in [1.165, 1.54) is 21.2 Å². The number of nitrogens with two attached hydrogens (primary N) is 1. The van der Waals surface area contributed by atoms with E-state index in [1.54, 1.807) is 0 Å². The number of nitrogen functional groups attached to an aromatic ring is 1. The van der Waals surface area contributed by atoms with E-state index in [4.69, 9.17) is 5.73 Å². The van der Waals surface area contributed by atoms with Crippen LogP contribution in [-0.4, -0.2) is 42.5 Å². The van der Waals surface area contributed by atoms with Gasteiger partial charge in [0.1, 0.15) is 5.82 Å². The van der Waals surface area contributed by atoms with Gasteiger partial charge in [-0.05, 0) is 25.3 Å². The molecule has 3 aromatic rings. The van der Waals surface area contributed by atoms with E-state index in [9.17, 15) is 14.4 Å². The highest BCUT2D eigenvalue weighted by Crippen LogP contribution is 2.25. The average molecular weight is 500 g/mol. The van der Waals surface area contributed by atoms with Crippen LogP contribution < -0.4 is 21.9 Å². The molecule has 3 rings (SSSR count). The second-order valence-electron chi connectivity index (χ2n) is 8.92. The Balaban J connectivity index is 1.88. The number of hydrogen-bond donors (Lipinski definition) is 2. The highest BCUT2D eigenvalue weighted by atomic mass is 32.2. The minimum absolute atomic E-state index is 0.00213. The topological polar surface area (TPSA) is 132 Å². The van der Waals surface area contributed by atoms with Gasteiger partial charge in [0.15, 0.2) is 16.7 Å². The summed E-state index contributed by atoms with van der Waals surface area (Å²) in [5, 5.41) is 9.12. The Bertz CT molecular complexity index is 1310. The summed E-state index contributed by atoms with van der Waals surface area (Å²) in [6, 6.07) is 7.96. The minimum Gasteiger partial charge on any atom is -0.383 e. The third-order valence-electron chi connectivity index (χ3n) is 5.50. The Hall–Kier alpha value is -3.34. The van der Waals surface area contributed by atoms with Crippen LogP contribution in [0.1, 0.15) is 39.2 Å². The molecule has 0 aliphatic rings. The number of unbranched alkanes of at least 4 members (excludes halogenated alkanes) is 1. The van der Waals surface area contributed by atoms with Crippen molar-refractivity contribution in [3.05, 3.63) is 50.7 Å². The Morgan fingerprint density at radius 1 is 1.26 bits per heavy atom. The smallest absolute Gasteiger partial charge is 0.330 e. The Morgan fingerprint density at radius 3 is 2.66 bits per heavy atom. The summed E-state index contributed by atoms with van der Waals surface area (Å²) in [7, 11) is 1.85. The molecule has 0 aliphatic carbocycles. The molecule has 10 nitrogen and oxygen atoms in total. The summed E-state index contributed by atoms with van der Waals surface area (Å²) < 4.78 is 3.16. The molecule has 0 aliphatic heterocycles. The van der Waals surface area contributed by atoms with Crippen molar-refractivity contribution in [1.82, 2.24) is 24.3 Å². The van der Waals surface area contributed by atoms with Gasteiger partial charge in [0.05, 0.1) is 5.75 Å². The van der Waals surface area contributed by atoms with E-state index < -0.39 is 11.2 Å². The summed E-state index contributed by atoms with van der Waals surface area (Å²) in [4.78, 5) is 42.1. The lowest BCUT2D eigenvalue weighted by molar-refractivity contribution is -0.116. The first-order chi connectivity index (χ1) is 16.6. The number of carbonyl (C=O) groups is 1. The second kappa shape index (κ2) is 11.4. The van der Waals surface area contributed by atoms with Crippen molar-refractivity contribution in [2.75, 3.05) is 22.9 Å². The van der Waals surface area contributed by atoms with E-state index in [0.29, 0.717) is 30.5 Å². The molecule has 3 N–H and O–H groups in total. The number of nitrogens with one attached hydrogen (secondary N) is 1. The molecule has 0 fully saturated rings. The summed E-state index contributed by atoms with van der Waals surface area (Å²) in [5.74, 6) is 0.569. The van der Waals surface area contributed by atoms with Crippen LogP contribution in [0.4, 0.5) is 11.5 Å². The zero-order chi connectivity index (χ0) is 25.7. The highest BCUT2D eigenvalue weighted by Gasteiger charge is 2.25. The molecule has 0 bridgehead atoms. The van der Waals surface area contributed by atoms with Crippen LogP contribution in [0.3, 0.4) is 0 Å². The standard InChI is InChI=1S/C24H33N7O3S/c1-6-7-11-30(19-20(25)31(13-15(2)3)23(34)26-22(19)33)18(32)14-35-24-28-27-21(29(24)5)17-10-8-9-16(4)12-17/h8-10,12,15H,6-7,11,13-14,25H2,1-5H3,(H,26,33,34). The molecule has 0 radical (unpaired) electrons. The maximum absolute atomic E-state index is 13.3. The number of anilines is 2. The summed E-state index contributed by atoms with van der Waals surface area (Å²) >= 11 is 1.24. The molecule has 0 spiro atoms. The van der Waals surface area contributed by atoms with Gasteiger partial charge in [0.2, 0.25) is 5.91 Å². The maximum Gasteiger partial charge on any atom is 0.330 e. The van der Waals surface area contributed by atoms with Gasteiger partial charge in [-0.3, -0.25) is 19.1 Å². The third-order valence-corrected chi connectivity index (χ3v) is 6.51.